The van der Waals surface area contributed by atoms with E-state index in [1.165, 1.54) is 0 Å². The van der Waals surface area contributed by atoms with Crippen LogP contribution in [0.2, 0.25) is 0 Å². The van der Waals surface area contributed by atoms with E-state index in [1.54, 1.807) is 30.3 Å². The number of benzene rings is 1. The molecule has 0 saturated heterocycles. The van der Waals surface area contributed by atoms with E-state index in [0.29, 0.717) is 5.56 Å². The van der Waals surface area contributed by atoms with Gasteiger partial charge in [-0.2, -0.15) is 8.42 Å². The maximum Gasteiger partial charge on any atom is 0.266 e. The van der Waals surface area contributed by atoms with Gasteiger partial charge in [-0.3, -0.25) is 23.7 Å². The van der Waals surface area contributed by atoms with E-state index in [9.17, 15) is 27.6 Å². The van der Waals surface area contributed by atoms with Gasteiger partial charge in [0.05, 0.1) is 24.6 Å². The fourth-order valence-electron chi connectivity index (χ4n) is 1.64. The Kier molecular flexibility index (Phi) is 9.47. The van der Waals surface area contributed by atoms with Crippen molar-refractivity contribution < 1.29 is 32.1 Å². The van der Waals surface area contributed by atoms with Gasteiger partial charge in [0.25, 0.3) is 10.1 Å². The van der Waals surface area contributed by atoms with Gasteiger partial charge in [0.15, 0.2) is 0 Å². The second-order valence-corrected chi connectivity index (χ2v) is 7.65. The highest BCUT2D eigenvalue weighted by atomic mass is 32.2. The van der Waals surface area contributed by atoms with Gasteiger partial charge < -0.3 is 16.0 Å². The first kappa shape index (κ1) is 22.6. The smallest absolute Gasteiger partial charge is 0.266 e. The number of carbonyl (C=O) groups is 4. The summed E-state index contributed by atoms with van der Waals surface area (Å²) in [7, 11) is -4.17. The van der Waals surface area contributed by atoms with Crippen molar-refractivity contribution in [3.05, 3.63) is 35.9 Å². The SMILES string of the molecule is O=C(CNC(=O)CNC(=O)CSC(=O)c1ccccc1)NCCS(=O)(=O)O. The van der Waals surface area contributed by atoms with Crippen molar-refractivity contribution in [3.8, 4) is 0 Å². The molecule has 0 aliphatic heterocycles. The average Bonchev–Trinajstić information content (AvgIpc) is 2.62. The topological polar surface area (TPSA) is 159 Å². The monoisotopic (exact) mass is 417 g/mol. The molecular weight excluding hydrogens is 398 g/mol. The molecule has 0 aliphatic carbocycles. The highest BCUT2D eigenvalue weighted by molar-refractivity contribution is 8.14. The number of thioether (sulfide) groups is 1. The second kappa shape index (κ2) is 11.3. The third-order valence-corrected chi connectivity index (χ3v) is 4.54. The first-order valence-corrected chi connectivity index (χ1v) is 10.2. The minimum absolute atomic E-state index is 0.156. The highest BCUT2D eigenvalue weighted by Gasteiger charge is 2.12. The van der Waals surface area contributed by atoms with Crippen LogP contribution >= 0.6 is 11.8 Å². The van der Waals surface area contributed by atoms with E-state index >= 15 is 0 Å². The zero-order valence-electron chi connectivity index (χ0n) is 14.1. The quantitative estimate of drug-likeness (QED) is 0.345. The summed E-state index contributed by atoms with van der Waals surface area (Å²) in [5, 5.41) is 6.45. The molecule has 10 nitrogen and oxygen atoms in total. The fraction of sp³-hybridized carbons (Fsp3) is 0.333. The third kappa shape index (κ3) is 11.0. The van der Waals surface area contributed by atoms with Crippen LogP contribution in [0.1, 0.15) is 10.4 Å². The summed E-state index contributed by atoms with van der Waals surface area (Å²) in [6.07, 6.45) is 0. The maximum absolute atomic E-state index is 11.8. The molecule has 0 heterocycles. The molecule has 27 heavy (non-hydrogen) atoms. The van der Waals surface area contributed by atoms with Gasteiger partial charge in [0.2, 0.25) is 22.8 Å². The standard InChI is InChI=1S/C15H19N3O7S2/c19-12(16-6-7-27(23,24)25)8-17-13(20)9-18-14(21)10-26-15(22)11-4-2-1-3-5-11/h1-5H,6-10H2,(H,16,19)(H,17,20)(H,18,21)(H,23,24,25). The summed E-state index contributed by atoms with van der Waals surface area (Å²) in [5.74, 6) is -2.59. The molecule has 1 rings (SSSR count). The van der Waals surface area contributed by atoms with Crippen LogP contribution in [0, 0.1) is 0 Å². The number of nitrogens with one attached hydrogen (secondary N) is 3. The average molecular weight is 417 g/mol. The van der Waals surface area contributed by atoms with Gasteiger partial charge in [-0.05, 0) is 0 Å². The van der Waals surface area contributed by atoms with Crippen molar-refractivity contribution in [2.75, 3.05) is 31.1 Å². The summed E-state index contributed by atoms with van der Waals surface area (Å²) < 4.78 is 29.5. The molecule has 3 amide bonds. The minimum Gasteiger partial charge on any atom is -0.353 e. The molecule has 0 unspecified atom stereocenters. The Bertz CT molecular complexity index is 782. The summed E-state index contributed by atoms with van der Waals surface area (Å²) in [6, 6.07) is 8.43. The van der Waals surface area contributed by atoms with Crippen LogP contribution in [0.5, 0.6) is 0 Å². The molecule has 1 aromatic carbocycles. The van der Waals surface area contributed by atoms with Gasteiger partial charge >= 0.3 is 0 Å². The number of carbonyl (C=O) groups excluding carboxylic acids is 4. The summed E-state index contributed by atoms with van der Waals surface area (Å²) in [6.45, 7) is -1.09. The van der Waals surface area contributed by atoms with E-state index in [-0.39, 0.29) is 24.0 Å². The highest BCUT2D eigenvalue weighted by Crippen LogP contribution is 2.11. The molecule has 12 heteroatoms. The Morgan fingerprint density at radius 1 is 0.889 bits per heavy atom. The molecule has 0 radical (unpaired) electrons. The molecule has 1 aromatic rings. The van der Waals surface area contributed by atoms with Crippen molar-refractivity contribution >= 4 is 44.7 Å². The van der Waals surface area contributed by atoms with E-state index in [0.717, 1.165) is 11.8 Å². The number of hydrogen-bond donors (Lipinski definition) is 4. The Hall–Kier alpha value is -2.44. The largest absolute Gasteiger partial charge is 0.353 e. The Morgan fingerprint density at radius 2 is 1.44 bits per heavy atom. The molecular formula is C15H19N3O7S2. The van der Waals surface area contributed by atoms with Crippen molar-refractivity contribution in [1.82, 2.24) is 16.0 Å². The van der Waals surface area contributed by atoms with Crippen LogP contribution in [-0.4, -0.2) is 66.9 Å². The third-order valence-electron chi connectivity index (χ3n) is 2.92. The first-order chi connectivity index (χ1) is 12.7. The van der Waals surface area contributed by atoms with Crippen LogP contribution in [0.3, 0.4) is 0 Å². The van der Waals surface area contributed by atoms with Crippen molar-refractivity contribution in [2.24, 2.45) is 0 Å². The summed E-state index contributed by atoms with van der Waals surface area (Å²) in [4.78, 5) is 46.3. The molecule has 0 spiro atoms. The van der Waals surface area contributed by atoms with E-state index in [4.69, 9.17) is 4.55 Å². The van der Waals surface area contributed by atoms with Gasteiger partial charge in [-0.15, -0.1) is 0 Å². The molecule has 0 aliphatic rings. The Morgan fingerprint density at radius 3 is 2.04 bits per heavy atom. The van der Waals surface area contributed by atoms with Crippen LogP contribution in [0.25, 0.3) is 0 Å². The van der Waals surface area contributed by atoms with Crippen molar-refractivity contribution in [1.29, 1.82) is 0 Å². The van der Waals surface area contributed by atoms with Crippen molar-refractivity contribution in [2.45, 2.75) is 0 Å². The van der Waals surface area contributed by atoms with Gasteiger partial charge in [0, 0.05) is 12.1 Å². The number of rotatable bonds is 10. The molecule has 0 bridgehead atoms. The number of hydrogen-bond acceptors (Lipinski definition) is 7. The fourth-order valence-corrected chi connectivity index (χ4v) is 2.67. The second-order valence-electron chi connectivity index (χ2n) is 5.13. The van der Waals surface area contributed by atoms with E-state index in [2.05, 4.69) is 16.0 Å². The molecule has 0 fully saturated rings. The van der Waals surface area contributed by atoms with E-state index < -0.39 is 40.1 Å². The lowest BCUT2D eigenvalue weighted by molar-refractivity contribution is -0.127. The lowest BCUT2D eigenvalue weighted by Gasteiger charge is -2.07. The van der Waals surface area contributed by atoms with Crippen LogP contribution in [-0.2, 0) is 24.5 Å². The normalized spacial score (nSPS) is 10.7. The zero-order chi connectivity index (χ0) is 20.3. The summed E-state index contributed by atoms with van der Waals surface area (Å²) in [5.41, 5.74) is 0.466. The maximum atomic E-state index is 11.8. The van der Waals surface area contributed by atoms with Gasteiger partial charge in [0.1, 0.15) is 0 Å². The first-order valence-electron chi connectivity index (χ1n) is 7.65. The van der Waals surface area contributed by atoms with Gasteiger partial charge in [-0.25, -0.2) is 0 Å². The molecule has 148 valence electrons. The lowest BCUT2D eigenvalue weighted by Crippen LogP contribution is -2.43. The predicted octanol–water partition coefficient (Wildman–Crippen LogP) is -1.20. The van der Waals surface area contributed by atoms with Crippen molar-refractivity contribution in [3.63, 3.8) is 0 Å². The van der Waals surface area contributed by atoms with Crippen LogP contribution in [0.4, 0.5) is 0 Å². The Labute approximate surface area is 160 Å². The summed E-state index contributed by atoms with van der Waals surface area (Å²) >= 11 is 0.802. The molecule has 4 N–H and O–H groups in total. The molecule has 0 aromatic heterocycles. The number of amides is 3. The van der Waals surface area contributed by atoms with Crippen LogP contribution in [0.15, 0.2) is 30.3 Å². The van der Waals surface area contributed by atoms with Gasteiger partial charge in [-0.1, -0.05) is 42.1 Å². The van der Waals surface area contributed by atoms with Crippen LogP contribution < -0.4 is 16.0 Å². The lowest BCUT2D eigenvalue weighted by atomic mass is 10.2. The Balaban J connectivity index is 2.17. The predicted molar refractivity (Wildman–Crippen MR) is 98.7 cm³/mol. The molecule has 0 saturated carbocycles. The van der Waals surface area contributed by atoms with E-state index in [1.807, 2.05) is 0 Å². The molecule has 0 atom stereocenters. The minimum atomic E-state index is -4.17. The zero-order valence-corrected chi connectivity index (χ0v) is 15.8.